The normalized spacial score (nSPS) is 12.9. The SMILES string of the molecule is CCOC(=O)C(NC(=O)OCc1ccccc1)(OCc1ccccc1)C(C)C. The predicted molar refractivity (Wildman–Crippen MR) is 105 cm³/mol. The molecule has 0 fully saturated rings. The number of esters is 1. The fourth-order valence-electron chi connectivity index (χ4n) is 2.61. The minimum atomic E-state index is -1.65. The Hall–Kier alpha value is -2.86. The Kier molecular flexibility index (Phi) is 8.02. The van der Waals surface area contributed by atoms with E-state index in [2.05, 4.69) is 5.32 Å². The maximum Gasteiger partial charge on any atom is 0.410 e. The summed E-state index contributed by atoms with van der Waals surface area (Å²) >= 11 is 0. The van der Waals surface area contributed by atoms with Crippen molar-refractivity contribution >= 4 is 12.1 Å². The second kappa shape index (κ2) is 10.5. The summed E-state index contributed by atoms with van der Waals surface area (Å²) in [5.74, 6) is -1.04. The summed E-state index contributed by atoms with van der Waals surface area (Å²) in [5.41, 5.74) is 0.0602. The van der Waals surface area contributed by atoms with Crippen molar-refractivity contribution in [3.05, 3.63) is 71.8 Å². The molecule has 2 rings (SSSR count). The molecule has 0 heterocycles. The van der Waals surface area contributed by atoms with Gasteiger partial charge in [-0.3, -0.25) is 5.32 Å². The largest absolute Gasteiger partial charge is 0.462 e. The first kappa shape index (κ1) is 21.4. The Morgan fingerprint density at radius 1 is 0.893 bits per heavy atom. The minimum Gasteiger partial charge on any atom is -0.462 e. The van der Waals surface area contributed by atoms with Crippen molar-refractivity contribution in [1.29, 1.82) is 0 Å². The fourth-order valence-corrected chi connectivity index (χ4v) is 2.61. The Bertz CT molecular complexity index is 748. The molecule has 1 atom stereocenters. The van der Waals surface area contributed by atoms with Crippen LogP contribution < -0.4 is 5.32 Å². The van der Waals surface area contributed by atoms with Crippen LogP contribution in [0.4, 0.5) is 4.79 Å². The predicted octanol–water partition coefficient (Wildman–Crippen LogP) is 4.05. The molecule has 6 nitrogen and oxygen atoms in total. The second-order valence-electron chi connectivity index (χ2n) is 6.57. The number of carbonyl (C=O) groups excluding carboxylic acids is 2. The lowest BCUT2D eigenvalue weighted by Crippen LogP contribution is -2.60. The van der Waals surface area contributed by atoms with Gasteiger partial charge in [0.15, 0.2) is 0 Å². The maximum absolute atomic E-state index is 12.7. The summed E-state index contributed by atoms with van der Waals surface area (Å²) in [7, 11) is 0. The topological polar surface area (TPSA) is 73.9 Å². The molecular formula is C22H27NO5. The first-order valence-electron chi connectivity index (χ1n) is 9.32. The molecule has 1 amide bonds. The van der Waals surface area contributed by atoms with Crippen molar-refractivity contribution in [2.24, 2.45) is 5.92 Å². The lowest BCUT2D eigenvalue weighted by molar-refractivity contribution is -0.187. The highest BCUT2D eigenvalue weighted by molar-refractivity contribution is 5.84. The molecule has 6 heteroatoms. The van der Waals surface area contributed by atoms with Crippen molar-refractivity contribution < 1.29 is 23.8 Å². The van der Waals surface area contributed by atoms with Gasteiger partial charge in [-0.2, -0.15) is 0 Å². The number of rotatable bonds is 9. The van der Waals surface area contributed by atoms with Gasteiger partial charge in [0.25, 0.3) is 0 Å². The third kappa shape index (κ3) is 5.82. The molecule has 0 radical (unpaired) electrons. The standard InChI is InChI=1S/C22H27NO5/c1-4-26-20(24)22(17(2)3,28-16-19-13-9-6-10-14-19)23-21(25)27-15-18-11-7-5-8-12-18/h5-14,17H,4,15-16H2,1-3H3,(H,23,25). The van der Waals surface area contributed by atoms with E-state index in [1.165, 1.54) is 0 Å². The Morgan fingerprint density at radius 3 is 1.93 bits per heavy atom. The van der Waals surface area contributed by atoms with E-state index in [9.17, 15) is 9.59 Å². The van der Waals surface area contributed by atoms with Crippen LogP contribution in [0, 0.1) is 5.92 Å². The van der Waals surface area contributed by atoms with Crippen molar-refractivity contribution in [2.75, 3.05) is 6.61 Å². The van der Waals surface area contributed by atoms with E-state index < -0.39 is 17.8 Å². The van der Waals surface area contributed by atoms with Crippen molar-refractivity contribution in [1.82, 2.24) is 5.32 Å². The third-order valence-electron chi connectivity index (χ3n) is 4.20. The summed E-state index contributed by atoms with van der Waals surface area (Å²) in [5, 5.41) is 2.60. The highest BCUT2D eigenvalue weighted by Crippen LogP contribution is 2.23. The number of benzene rings is 2. The van der Waals surface area contributed by atoms with E-state index in [0.717, 1.165) is 11.1 Å². The van der Waals surface area contributed by atoms with E-state index in [0.29, 0.717) is 0 Å². The molecule has 0 aliphatic heterocycles. The lowest BCUT2D eigenvalue weighted by atomic mass is 9.99. The smallest absolute Gasteiger partial charge is 0.410 e. The third-order valence-corrected chi connectivity index (χ3v) is 4.20. The van der Waals surface area contributed by atoms with Gasteiger partial charge in [-0.05, 0) is 18.1 Å². The molecule has 0 aliphatic rings. The van der Waals surface area contributed by atoms with Crippen molar-refractivity contribution in [2.45, 2.75) is 39.7 Å². The average Bonchev–Trinajstić information content (AvgIpc) is 2.71. The van der Waals surface area contributed by atoms with E-state index in [1.54, 1.807) is 20.8 Å². The van der Waals surface area contributed by atoms with Gasteiger partial charge < -0.3 is 14.2 Å². The molecule has 0 saturated carbocycles. The summed E-state index contributed by atoms with van der Waals surface area (Å²) in [6, 6.07) is 18.7. The molecule has 0 bridgehead atoms. The molecule has 2 aromatic rings. The number of alkyl carbamates (subject to hydrolysis) is 1. The molecule has 0 aromatic heterocycles. The monoisotopic (exact) mass is 385 g/mol. The van der Waals surface area contributed by atoms with Gasteiger partial charge in [0.05, 0.1) is 13.2 Å². The first-order valence-corrected chi connectivity index (χ1v) is 9.32. The summed E-state index contributed by atoms with van der Waals surface area (Å²) in [6.07, 6.45) is -0.751. The van der Waals surface area contributed by atoms with Gasteiger partial charge in [-0.25, -0.2) is 9.59 Å². The van der Waals surface area contributed by atoms with Gasteiger partial charge in [0.2, 0.25) is 5.72 Å². The van der Waals surface area contributed by atoms with Gasteiger partial charge in [0.1, 0.15) is 6.61 Å². The Morgan fingerprint density at radius 2 is 1.43 bits per heavy atom. The molecule has 28 heavy (non-hydrogen) atoms. The summed E-state index contributed by atoms with van der Waals surface area (Å²) in [6.45, 7) is 5.65. The highest BCUT2D eigenvalue weighted by Gasteiger charge is 2.46. The number of amides is 1. The molecule has 0 aliphatic carbocycles. The zero-order chi connectivity index (χ0) is 20.4. The molecule has 150 valence electrons. The van der Waals surface area contributed by atoms with Crippen LogP contribution in [0.1, 0.15) is 31.9 Å². The number of nitrogens with one attached hydrogen (secondary N) is 1. The highest BCUT2D eigenvalue weighted by atomic mass is 16.6. The number of carbonyl (C=O) groups is 2. The van der Waals surface area contributed by atoms with Crippen LogP contribution in [-0.2, 0) is 32.2 Å². The summed E-state index contributed by atoms with van der Waals surface area (Å²) < 4.78 is 16.4. The fraction of sp³-hybridized carbons (Fsp3) is 0.364. The number of ether oxygens (including phenoxy) is 3. The second-order valence-corrected chi connectivity index (χ2v) is 6.57. The van der Waals surface area contributed by atoms with Crippen LogP contribution in [0.15, 0.2) is 60.7 Å². The van der Waals surface area contributed by atoms with E-state index in [-0.39, 0.29) is 25.7 Å². The van der Waals surface area contributed by atoms with Gasteiger partial charge in [-0.15, -0.1) is 0 Å². The Labute approximate surface area is 165 Å². The molecule has 1 N–H and O–H groups in total. The Balaban J connectivity index is 2.13. The van der Waals surface area contributed by atoms with E-state index in [4.69, 9.17) is 14.2 Å². The number of hydrogen-bond donors (Lipinski definition) is 1. The first-order chi connectivity index (χ1) is 13.5. The van der Waals surface area contributed by atoms with Crippen LogP contribution in [0.5, 0.6) is 0 Å². The molecular weight excluding hydrogens is 358 g/mol. The van der Waals surface area contributed by atoms with E-state index in [1.807, 2.05) is 60.7 Å². The van der Waals surface area contributed by atoms with Crippen LogP contribution in [0.2, 0.25) is 0 Å². The van der Waals surface area contributed by atoms with Gasteiger partial charge in [-0.1, -0.05) is 74.5 Å². The van der Waals surface area contributed by atoms with Gasteiger partial charge in [0, 0.05) is 5.92 Å². The van der Waals surface area contributed by atoms with Crippen LogP contribution in [0.25, 0.3) is 0 Å². The molecule has 0 spiro atoms. The molecule has 0 saturated heterocycles. The molecule has 1 unspecified atom stereocenters. The maximum atomic E-state index is 12.7. The average molecular weight is 385 g/mol. The quantitative estimate of drug-likeness (QED) is 0.521. The van der Waals surface area contributed by atoms with Crippen molar-refractivity contribution in [3.63, 3.8) is 0 Å². The van der Waals surface area contributed by atoms with Gasteiger partial charge >= 0.3 is 12.1 Å². The lowest BCUT2D eigenvalue weighted by Gasteiger charge is -2.35. The summed E-state index contributed by atoms with van der Waals surface area (Å²) in [4.78, 5) is 25.2. The van der Waals surface area contributed by atoms with Crippen molar-refractivity contribution in [3.8, 4) is 0 Å². The van der Waals surface area contributed by atoms with Crippen LogP contribution in [-0.4, -0.2) is 24.4 Å². The van der Waals surface area contributed by atoms with Crippen LogP contribution in [0.3, 0.4) is 0 Å². The van der Waals surface area contributed by atoms with Crippen LogP contribution >= 0.6 is 0 Å². The van der Waals surface area contributed by atoms with E-state index >= 15 is 0 Å². The number of hydrogen-bond acceptors (Lipinski definition) is 5. The zero-order valence-electron chi connectivity index (χ0n) is 16.5. The molecule has 2 aromatic carbocycles. The minimum absolute atomic E-state index is 0.0857. The zero-order valence-corrected chi connectivity index (χ0v) is 16.5.